The summed E-state index contributed by atoms with van der Waals surface area (Å²) in [4.78, 5) is 31.8. The number of benzene rings is 2. The van der Waals surface area contributed by atoms with E-state index in [0.717, 1.165) is 16.3 Å². The average molecular weight is 438 g/mol. The minimum atomic E-state index is -0.429. The summed E-state index contributed by atoms with van der Waals surface area (Å²) >= 11 is 3.22. The van der Waals surface area contributed by atoms with Gasteiger partial charge in [-0.3, -0.25) is 9.59 Å². The molecular weight excluding hydrogens is 414 g/mol. The van der Waals surface area contributed by atoms with Crippen molar-refractivity contribution < 1.29 is 9.59 Å². The van der Waals surface area contributed by atoms with Crippen LogP contribution in [0.15, 0.2) is 60.0 Å². The number of aryl methyl sites for hydroxylation is 1. The Bertz CT molecular complexity index is 1020. The predicted octanol–water partition coefficient (Wildman–Crippen LogP) is 3.99. The van der Waals surface area contributed by atoms with E-state index < -0.39 is 6.04 Å². The van der Waals surface area contributed by atoms with Crippen LogP contribution in [0.4, 0.5) is 0 Å². The van der Waals surface area contributed by atoms with Gasteiger partial charge in [0.15, 0.2) is 0 Å². The summed E-state index contributed by atoms with van der Waals surface area (Å²) in [6.45, 7) is 2.57. The van der Waals surface area contributed by atoms with Gasteiger partial charge >= 0.3 is 0 Å². The number of aromatic nitrogens is 1. The van der Waals surface area contributed by atoms with Crippen molar-refractivity contribution >= 4 is 34.9 Å². The smallest absolute Gasteiger partial charge is 0.255 e. The fourth-order valence-corrected chi connectivity index (χ4v) is 5.30. The second kappa shape index (κ2) is 9.45. The van der Waals surface area contributed by atoms with Gasteiger partial charge in [-0.1, -0.05) is 48.0 Å². The van der Waals surface area contributed by atoms with Crippen molar-refractivity contribution in [1.82, 2.24) is 15.2 Å². The van der Waals surface area contributed by atoms with E-state index in [1.807, 2.05) is 23.6 Å². The lowest BCUT2D eigenvalue weighted by atomic mass is 10.1. The molecule has 2 heterocycles. The van der Waals surface area contributed by atoms with Gasteiger partial charge in [-0.25, -0.2) is 4.98 Å². The van der Waals surface area contributed by atoms with Crippen LogP contribution in [0.5, 0.6) is 0 Å². The van der Waals surface area contributed by atoms with Crippen LogP contribution in [0.2, 0.25) is 0 Å². The highest BCUT2D eigenvalue weighted by molar-refractivity contribution is 7.99. The van der Waals surface area contributed by atoms with Crippen molar-refractivity contribution in [3.05, 3.63) is 76.8 Å². The number of rotatable bonds is 6. The maximum absolute atomic E-state index is 12.7. The molecule has 1 aliphatic heterocycles. The zero-order valence-corrected chi connectivity index (χ0v) is 18.3. The number of nitrogens with one attached hydrogen (secondary N) is 1. The molecule has 1 fully saturated rings. The normalized spacial score (nSPS) is 15.9. The summed E-state index contributed by atoms with van der Waals surface area (Å²) in [5.74, 6) is 0.970. The summed E-state index contributed by atoms with van der Waals surface area (Å²) in [5.41, 5.74) is 3.92. The molecule has 154 valence electrons. The highest BCUT2D eigenvalue weighted by Gasteiger charge is 2.34. The van der Waals surface area contributed by atoms with E-state index in [1.54, 1.807) is 40.1 Å². The third-order valence-electron chi connectivity index (χ3n) is 5.00. The minimum Gasteiger partial charge on any atom is -0.354 e. The molecule has 2 aromatic carbocycles. The fourth-order valence-electron chi connectivity index (χ4n) is 3.29. The van der Waals surface area contributed by atoms with Gasteiger partial charge in [0.1, 0.15) is 11.0 Å². The number of hydrogen-bond acceptors (Lipinski definition) is 5. The van der Waals surface area contributed by atoms with Gasteiger partial charge in [-0.15, -0.1) is 23.1 Å². The van der Waals surface area contributed by atoms with Crippen LogP contribution in [0, 0.1) is 6.92 Å². The standard InChI is InChI=1S/C23H23N3O2S2/c1-16-7-9-17(10-8-16)22-25-19(13-30-22)11-12-24-21(27)20-14-29-15-26(20)23(28)18-5-3-2-4-6-18/h2-10,13,20H,11-12,14-15H2,1H3,(H,24,27). The molecule has 5 nitrogen and oxygen atoms in total. The number of amides is 2. The molecule has 0 aliphatic carbocycles. The Morgan fingerprint density at radius 2 is 1.90 bits per heavy atom. The Labute approximate surface area is 184 Å². The van der Waals surface area contributed by atoms with Crippen molar-refractivity contribution in [3.63, 3.8) is 0 Å². The van der Waals surface area contributed by atoms with Crippen LogP contribution in [0.25, 0.3) is 10.6 Å². The first-order chi connectivity index (χ1) is 14.6. The van der Waals surface area contributed by atoms with Crippen molar-refractivity contribution in [2.75, 3.05) is 18.2 Å². The average Bonchev–Trinajstić information content (AvgIpc) is 3.44. The Kier molecular flexibility index (Phi) is 6.50. The van der Waals surface area contributed by atoms with E-state index in [1.165, 1.54) is 5.56 Å². The van der Waals surface area contributed by atoms with E-state index in [2.05, 4.69) is 41.5 Å². The van der Waals surface area contributed by atoms with Gasteiger partial charge in [0.25, 0.3) is 5.91 Å². The lowest BCUT2D eigenvalue weighted by molar-refractivity contribution is -0.124. The van der Waals surface area contributed by atoms with E-state index in [4.69, 9.17) is 0 Å². The first-order valence-electron chi connectivity index (χ1n) is 9.85. The Balaban J connectivity index is 1.31. The second-order valence-corrected chi connectivity index (χ2v) is 9.07. The number of thioether (sulfide) groups is 1. The fraction of sp³-hybridized carbons (Fsp3) is 0.261. The van der Waals surface area contributed by atoms with Crippen molar-refractivity contribution in [3.8, 4) is 10.6 Å². The number of nitrogens with zero attached hydrogens (tertiary/aromatic N) is 2. The zero-order valence-electron chi connectivity index (χ0n) is 16.7. The highest BCUT2D eigenvalue weighted by atomic mass is 32.2. The highest BCUT2D eigenvalue weighted by Crippen LogP contribution is 2.25. The van der Waals surface area contributed by atoms with Crippen molar-refractivity contribution in [2.45, 2.75) is 19.4 Å². The molecule has 1 saturated heterocycles. The molecule has 1 N–H and O–H groups in total. The lowest BCUT2D eigenvalue weighted by Crippen LogP contribution is -2.47. The molecule has 0 saturated carbocycles. The molecule has 7 heteroatoms. The quantitative estimate of drug-likeness (QED) is 0.633. The molecule has 0 radical (unpaired) electrons. The monoisotopic (exact) mass is 437 g/mol. The number of carbonyl (C=O) groups excluding carboxylic acids is 2. The lowest BCUT2D eigenvalue weighted by Gasteiger charge is -2.23. The molecule has 1 unspecified atom stereocenters. The molecule has 1 aromatic heterocycles. The third-order valence-corrected chi connectivity index (χ3v) is 6.95. The van der Waals surface area contributed by atoms with Crippen molar-refractivity contribution in [1.29, 1.82) is 0 Å². The van der Waals surface area contributed by atoms with E-state index in [9.17, 15) is 9.59 Å². The topological polar surface area (TPSA) is 62.3 Å². The summed E-state index contributed by atoms with van der Waals surface area (Å²) in [7, 11) is 0. The predicted molar refractivity (Wildman–Crippen MR) is 123 cm³/mol. The van der Waals surface area contributed by atoms with Crippen LogP contribution in [0.1, 0.15) is 21.6 Å². The number of carbonyl (C=O) groups is 2. The van der Waals surface area contributed by atoms with Crippen LogP contribution in [-0.4, -0.2) is 45.9 Å². The second-order valence-electron chi connectivity index (χ2n) is 7.21. The molecular formula is C23H23N3O2S2. The largest absolute Gasteiger partial charge is 0.354 e. The number of hydrogen-bond donors (Lipinski definition) is 1. The molecule has 30 heavy (non-hydrogen) atoms. The van der Waals surface area contributed by atoms with Gasteiger partial charge in [-0.2, -0.15) is 0 Å². The Morgan fingerprint density at radius 3 is 2.67 bits per heavy atom. The molecule has 1 atom stereocenters. The van der Waals surface area contributed by atoms with Crippen LogP contribution in [0.3, 0.4) is 0 Å². The minimum absolute atomic E-state index is 0.0945. The number of thiazole rings is 1. The third kappa shape index (κ3) is 4.74. The SMILES string of the molecule is Cc1ccc(-c2nc(CCNC(=O)C3CSCN3C(=O)c3ccccc3)cs2)cc1. The van der Waals surface area contributed by atoms with E-state index in [0.29, 0.717) is 30.2 Å². The molecule has 4 rings (SSSR count). The maximum atomic E-state index is 12.7. The summed E-state index contributed by atoms with van der Waals surface area (Å²) in [5, 5.41) is 6.01. The van der Waals surface area contributed by atoms with Crippen LogP contribution < -0.4 is 5.32 Å². The van der Waals surface area contributed by atoms with Crippen LogP contribution in [-0.2, 0) is 11.2 Å². The maximum Gasteiger partial charge on any atom is 0.255 e. The van der Waals surface area contributed by atoms with E-state index in [-0.39, 0.29) is 11.8 Å². The molecule has 2 amide bonds. The molecule has 1 aliphatic rings. The van der Waals surface area contributed by atoms with Gasteiger partial charge in [0.05, 0.1) is 11.6 Å². The Morgan fingerprint density at radius 1 is 1.13 bits per heavy atom. The van der Waals surface area contributed by atoms with Crippen LogP contribution >= 0.6 is 23.1 Å². The zero-order chi connectivity index (χ0) is 20.9. The van der Waals surface area contributed by atoms with Crippen molar-refractivity contribution in [2.24, 2.45) is 0 Å². The van der Waals surface area contributed by atoms with Gasteiger partial charge < -0.3 is 10.2 Å². The molecule has 3 aromatic rings. The first-order valence-corrected chi connectivity index (χ1v) is 11.9. The summed E-state index contributed by atoms with van der Waals surface area (Å²) < 4.78 is 0. The molecule has 0 spiro atoms. The summed E-state index contributed by atoms with van der Waals surface area (Å²) in [6, 6.07) is 17.0. The molecule has 0 bridgehead atoms. The Hall–Kier alpha value is -2.64. The summed E-state index contributed by atoms with van der Waals surface area (Å²) in [6.07, 6.45) is 0.667. The van der Waals surface area contributed by atoms with Gasteiger partial charge in [-0.05, 0) is 19.1 Å². The first kappa shape index (κ1) is 20.6. The van der Waals surface area contributed by atoms with Gasteiger partial charge in [0.2, 0.25) is 5.91 Å². The van der Waals surface area contributed by atoms with E-state index >= 15 is 0 Å². The van der Waals surface area contributed by atoms with Gasteiger partial charge in [0, 0.05) is 35.2 Å².